The zero-order valence-corrected chi connectivity index (χ0v) is 8.49. The molecule has 0 saturated heterocycles. The predicted molar refractivity (Wildman–Crippen MR) is 55.6 cm³/mol. The lowest BCUT2D eigenvalue weighted by Crippen LogP contribution is -2.25. The number of carbonyl (C=O) groups excluding carboxylic acids is 2. The van der Waals surface area contributed by atoms with E-state index in [1.165, 1.54) is 6.07 Å². The number of nitrogens with two attached hydrogens (primary N) is 1. The maximum atomic E-state index is 11.4. The fourth-order valence-electron chi connectivity index (χ4n) is 1.07. The molecule has 1 aromatic rings. The average molecular weight is 207 g/mol. The molecule has 0 aromatic carbocycles. The summed E-state index contributed by atoms with van der Waals surface area (Å²) in [5, 5.41) is 2.60. The normalized spacial score (nSPS) is 9.73. The summed E-state index contributed by atoms with van der Waals surface area (Å²) in [4.78, 5) is 26.5. The lowest BCUT2D eigenvalue weighted by atomic mass is 10.2. The van der Waals surface area contributed by atoms with E-state index in [-0.39, 0.29) is 29.6 Å². The van der Waals surface area contributed by atoms with Crippen molar-refractivity contribution < 1.29 is 9.59 Å². The fraction of sp³-hybridized carbons (Fsp3) is 0.300. The molecule has 0 saturated carbocycles. The van der Waals surface area contributed by atoms with Gasteiger partial charge in [-0.15, -0.1) is 0 Å². The lowest BCUT2D eigenvalue weighted by Gasteiger charge is -2.02. The lowest BCUT2D eigenvalue weighted by molar-refractivity contribution is 0.0950. The molecule has 0 aliphatic heterocycles. The van der Waals surface area contributed by atoms with Gasteiger partial charge in [0.1, 0.15) is 11.4 Å². The van der Waals surface area contributed by atoms with Crippen molar-refractivity contribution in [2.24, 2.45) is 5.73 Å². The van der Waals surface area contributed by atoms with Crippen molar-refractivity contribution in [1.82, 2.24) is 10.3 Å². The summed E-state index contributed by atoms with van der Waals surface area (Å²) in [5.41, 5.74) is 5.65. The molecule has 5 heteroatoms. The first kappa shape index (κ1) is 11.3. The number of amides is 1. The van der Waals surface area contributed by atoms with E-state index in [1.54, 1.807) is 12.1 Å². The van der Waals surface area contributed by atoms with Gasteiger partial charge in [-0.2, -0.15) is 0 Å². The third-order valence-electron chi connectivity index (χ3n) is 1.79. The van der Waals surface area contributed by atoms with E-state index in [0.29, 0.717) is 6.54 Å². The molecule has 0 aliphatic carbocycles. The maximum Gasteiger partial charge on any atom is 0.269 e. The second-order valence-electron chi connectivity index (χ2n) is 2.89. The monoisotopic (exact) mass is 207 g/mol. The number of ketones is 1. The molecule has 0 bridgehead atoms. The zero-order valence-electron chi connectivity index (χ0n) is 8.49. The molecule has 15 heavy (non-hydrogen) atoms. The highest BCUT2D eigenvalue weighted by atomic mass is 16.2. The molecule has 1 heterocycles. The second-order valence-corrected chi connectivity index (χ2v) is 2.89. The molecule has 0 unspecified atom stereocenters. The van der Waals surface area contributed by atoms with Crippen LogP contribution in [0.4, 0.5) is 0 Å². The van der Waals surface area contributed by atoms with E-state index in [2.05, 4.69) is 10.3 Å². The van der Waals surface area contributed by atoms with E-state index < -0.39 is 0 Å². The number of nitrogens with one attached hydrogen (secondary N) is 1. The summed E-state index contributed by atoms with van der Waals surface area (Å²) in [6.07, 6.45) is 0. The standard InChI is InChI=1S/C10H13N3O2/c1-2-12-10(15)8-5-3-4-7(13-8)9(14)6-11/h3-5H,2,6,11H2,1H3,(H,12,15). The number of nitrogens with zero attached hydrogens (tertiary/aromatic N) is 1. The zero-order chi connectivity index (χ0) is 11.3. The van der Waals surface area contributed by atoms with Crippen LogP contribution in [0.5, 0.6) is 0 Å². The summed E-state index contributed by atoms with van der Waals surface area (Å²) in [5.74, 6) is -0.565. The first-order chi connectivity index (χ1) is 7.19. The maximum absolute atomic E-state index is 11.4. The SMILES string of the molecule is CCNC(=O)c1cccc(C(=O)CN)n1. The van der Waals surface area contributed by atoms with Crippen molar-refractivity contribution in [3.8, 4) is 0 Å². The Morgan fingerprint density at radius 3 is 2.67 bits per heavy atom. The Hall–Kier alpha value is -1.75. The Morgan fingerprint density at radius 2 is 2.07 bits per heavy atom. The van der Waals surface area contributed by atoms with E-state index in [9.17, 15) is 9.59 Å². The predicted octanol–water partition coefficient (Wildman–Crippen LogP) is -0.0273. The number of rotatable bonds is 4. The van der Waals surface area contributed by atoms with Gasteiger partial charge in [-0.3, -0.25) is 9.59 Å². The second kappa shape index (κ2) is 5.21. The molecule has 0 atom stereocenters. The Bertz CT molecular complexity index is 377. The highest BCUT2D eigenvalue weighted by Crippen LogP contribution is 2.00. The summed E-state index contributed by atoms with van der Waals surface area (Å²) >= 11 is 0. The van der Waals surface area contributed by atoms with Gasteiger partial charge in [0.25, 0.3) is 5.91 Å². The Kier molecular flexibility index (Phi) is 3.93. The van der Waals surface area contributed by atoms with Crippen LogP contribution < -0.4 is 11.1 Å². The van der Waals surface area contributed by atoms with Crippen LogP contribution in [0, 0.1) is 0 Å². The molecular formula is C10H13N3O2. The van der Waals surface area contributed by atoms with Crippen LogP contribution in [0.2, 0.25) is 0 Å². The number of hydrogen-bond acceptors (Lipinski definition) is 4. The highest BCUT2D eigenvalue weighted by molar-refractivity contribution is 5.98. The molecule has 80 valence electrons. The molecule has 1 rings (SSSR count). The van der Waals surface area contributed by atoms with Gasteiger partial charge in [0, 0.05) is 6.54 Å². The smallest absolute Gasteiger partial charge is 0.269 e. The molecule has 5 nitrogen and oxygen atoms in total. The first-order valence-corrected chi connectivity index (χ1v) is 4.67. The average Bonchev–Trinajstić information content (AvgIpc) is 2.28. The van der Waals surface area contributed by atoms with Crippen LogP contribution in [0.3, 0.4) is 0 Å². The van der Waals surface area contributed by atoms with Gasteiger partial charge in [-0.25, -0.2) is 4.98 Å². The van der Waals surface area contributed by atoms with Crippen LogP contribution in [0.15, 0.2) is 18.2 Å². The van der Waals surface area contributed by atoms with Crippen molar-refractivity contribution in [2.45, 2.75) is 6.92 Å². The van der Waals surface area contributed by atoms with Gasteiger partial charge in [0.2, 0.25) is 0 Å². The van der Waals surface area contributed by atoms with Crippen LogP contribution in [-0.2, 0) is 0 Å². The number of Topliss-reactive ketones (excluding diaryl/α,β-unsaturated/α-hetero) is 1. The Balaban J connectivity index is 2.92. The van der Waals surface area contributed by atoms with Gasteiger partial charge in [0.15, 0.2) is 5.78 Å². The summed E-state index contributed by atoms with van der Waals surface area (Å²) in [7, 11) is 0. The topological polar surface area (TPSA) is 85.1 Å². The third kappa shape index (κ3) is 2.85. The summed E-state index contributed by atoms with van der Waals surface area (Å²) in [6, 6.07) is 4.71. The van der Waals surface area contributed by atoms with Crippen LogP contribution in [0.25, 0.3) is 0 Å². The minimum atomic E-state index is -0.288. The van der Waals surface area contributed by atoms with Crippen molar-refractivity contribution in [2.75, 3.05) is 13.1 Å². The molecule has 0 radical (unpaired) electrons. The number of pyridine rings is 1. The molecule has 0 spiro atoms. The Morgan fingerprint density at radius 1 is 1.40 bits per heavy atom. The van der Waals surface area contributed by atoms with Crippen LogP contribution in [-0.4, -0.2) is 29.8 Å². The van der Waals surface area contributed by atoms with E-state index in [4.69, 9.17) is 5.73 Å². The van der Waals surface area contributed by atoms with Crippen molar-refractivity contribution in [3.63, 3.8) is 0 Å². The van der Waals surface area contributed by atoms with Gasteiger partial charge in [-0.05, 0) is 19.1 Å². The van der Waals surface area contributed by atoms with Gasteiger partial charge >= 0.3 is 0 Å². The first-order valence-electron chi connectivity index (χ1n) is 4.67. The molecule has 0 aliphatic rings. The van der Waals surface area contributed by atoms with Gasteiger partial charge in [-0.1, -0.05) is 6.07 Å². The molecule has 1 aromatic heterocycles. The summed E-state index contributed by atoms with van der Waals surface area (Å²) in [6.45, 7) is 2.23. The summed E-state index contributed by atoms with van der Waals surface area (Å²) < 4.78 is 0. The van der Waals surface area contributed by atoms with Crippen molar-refractivity contribution >= 4 is 11.7 Å². The van der Waals surface area contributed by atoms with E-state index >= 15 is 0 Å². The van der Waals surface area contributed by atoms with Crippen LogP contribution in [0.1, 0.15) is 27.9 Å². The molecular weight excluding hydrogens is 194 g/mol. The number of aromatic nitrogens is 1. The van der Waals surface area contributed by atoms with Gasteiger partial charge in [0.05, 0.1) is 6.54 Å². The van der Waals surface area contributed by atoms with Gasteiger partial charge < -0.3 is 11.1 Å². The van der Waals surface area contributed by atoms with Crippen LogP contribution >= 0.6 is 0 Å². The Labute approximate surface area is 87.7 Å². The number of carbonyl (C=O) groups is 2. The number of hydrogen-bond donors (Lipinski definition) is 2. The molecule has 1 amide bonds. The molecule has 0 fully saturated rings. The third-order valence-corrected chi connectivity index (χ3v) is 1.79. The highest BCUT2D eigenvalue weighted by Gasteiger charge is 2.09. The largest absolute Gasteiger partial charge is 0.351 e. The fourth-order valence-corrected chi connectivity index (χ4v) is 1.07. The molecule has 3 N–H and O–H groups in total. The minimum Gasteiger partial charge on any atom is -0.351 e. The quantitative estimate of drug-likeness (QED) is 0.679. The van der Waals surface area contributed by atoms with Crippen molar-refractivity contribution in [1.29, 1.82) is 0 Å². The van der Waals surface area contributed by atoms with E-state index in [1.807, 2.05) is 6.92 Å². The minimum absolute atomic E-state index is 0.105. The van der Waals surface area contributed by atoms with Crippen molar-refractivity contribution in [3.05, 3.63) is 29.6 Å². The van der Waals surface area contributed by atoms with E-state index in [0.717, 1.165) is 0 Å².